The molecule has 3 rings (SSSR count). The summed E-state index contributed by atoms with van der Waals surface area (Å²) in [6.07, 6.45) is 1.38. The van der Waals surface area contributed by atoms with Crippen molar-refractivity contribution in [2.24, 2.45) is 0 Å². The molecule has 25 heavy (non-hydrogen) atoms. The van der Waals surface area contributed by atoms with Gasteiger partial charge in [0.2, 0.25) is 10.0 Å². The summed E-state index contributed by atoms with van der Waals surface area (Å²) in [5.41, 5.74) is 1.88. The minimum absolute atomic E-state index is 0.129. The highest BCUT2D eigenvalue weighted by Gasteiger charge is 2.27. The first-order valence-electron chi connectivity index (χ1n) is 7.72. The predicted molar refractivity (Wildman–Crippen MR) is 109 cm³/mol. The van der Waals surface area contributed by atoms with Crippen molar-refractivity contribution < 1.29 is 13.2 Å². The molecule has 1 aromatic carbocycles. The molecule has 6 nitrogen and oxygen atoms in total. The predicted octanol–water partition coefficient (Wildman–Crippen LogP) is 2.92. The summed E-state index contributed by atoms with van der Waals surface area (Å²) in [6.45, 7) is 2.92. The monoisotopic (exact) mass is 491 g/mol. The number of carbonyl (C=O) groups is 1. The maximum atomic E-state index is 12.6. The first-order chi connectivity index (χ1) is 11.9. The molecule has 0 bridgehead atoms. The molecule has 1 aliphatic heterocycles. The van der Waals surface area contributed by atoms with E-state index >= 15 is 0 Å². The Labute approximate surface area is 164 Å². The number of anilines is 1. The number of sulfonamides is 1. The van der Waals surface area contributed by atoms with Crippen LogP contribution in [0.2, 0.25) is 0 Å². The molecule has 1 amide bonds. The van der Waals surface area contributed by atoms with Crippen molar-refractivity contribution in [2.45, 2.75) is 11.8 Å². The number of nitrogens with one attached hydrogen (secondary N) is 2. The molecule has 0 atom stereocenters. The van der Waals surface area contributed by atoms with E-state index in [4.69, 9.17) is 0 Å². The van der Waals surface area contributed by atoms with Crippen LogP contribution in [-0.2, 0) is 10.0 Å². The lowest BCUT2D eigenvalue weighted by Crippen LogP contribution is -2.37. The second-order valence-corrected chi connectivity index (χ2v) is 10.1. The molecule has 9 heteroatoms. The molecule has 0 radical (unpaired) electrons. The highest BCUT2D eigenvalue weighted by Crippen LogP contribution is 2.22. The second-order valence-electron chi connectivity index (χ2n) is 5.68. The van der Waals surface area contributed by atoms with Crippen LogP contribution in [0.1, 0.15) is 16.1 Å². The fourth-order valence-electron chi connectivity index (χ4n) is 2.55. The van der Waals surface area contributed by atoms with Crippen molar-refractivity contribution in [3.8, 4) is 0 Å². The van der Waals surface area contributed by atoms with Crippen LogP contribution >= 0.6 is 34.4 Å². The van der Waals surface area contributed by atoms with Crippen LogP contribution < -0.4 is 5.32 Å². The minimum atomic E-state index is -3.55. The largest absolute Gasteiger partial charge is 0.356 e. The number of H-pyrrole nitrogens is 1. The molecule has 0 saturated carbocycles. The molecule has 1 aliphatic rings. The van der Waals surface area contributed by atoms with Gasteiger partial charge in [0.05, 0.1) is 0 Å². The number of aromatic nitrogens is 1. The Hall–Kier alpha value is -1.04. The number of aryl methyl sites for hydroxylation is 1. The van der Waals surface area contributed by atoms with E-state index in [0.29, 0.717) is 18.8 Å². The molecular formula is C16H18IN3O3S2. The Bertz CT molecular complexity index is 890. The second kappa shape index (κ2) is 7.68. The Kier molecular flexibility index (Phi) is 5.76. The van der Waals surface area contributed by atoms with Gasteiger partial charge in [0.1, 0.15) is 10.6 Å². The Morgan fingerprint density at radius 1 is 1.28 bits per heavy atom. The third kappa shape index (κ3) is 4.21. The first kappa shape index (κ1) is 18.7. The zero-order chi connectivity index (χ0) is 18.0. The molecule has 1 fully saturated rings. The molecular weight excluding hydrogens is 473 g/mol. The van der Waals surface area contributed by atoms with Crippen LogP contribution in [0.25, 0.3) is 0 Å². The zero-order valence-corrected chi connectivity index (χ0v) is 17.4. The van der Waals surface area contributed by atoms with Gasteiger partial charge in [-0.1, -0.05) is 0 Å². The maximum Gasteiger partial charge on any atom is 0.272 e. The van der Waals surface area contributed by atoms with Gasteiger partial charge in [-0.25, -0.2) is 8.42 Å². The van der Waals surface area contributed by atoms with E-state index in [2.05, 4.69) is 32.9 Å². The summed E-state index contributed by atoms with van der Waals surface area (Å²) in [5.74, 6) is 1.23. The van der Waals surface area contributed by atoms with Gasteiger partial charge in [0, 0.05) is 40.0 Å². The van der Waals surface area contributed by atoms with Crippen LogP contribution in [-0.4, -0.2) is 48.2 Å². The highest BCUT2D eigenvalue weighted by atomic mass is 127. The summed E-state index contributed by atoms with van der Waals surface area (Å²) in [6, 6.07) is 7.10. The Morgan fingerprint density at radius 3 is 2.68 bits per heavy atom. The lowest BCUT2D eigenvalue weighted by atomic mass is 10.2. The number of nitrogens with zero attached hydrogens (tertiary/aromatic N) is 1. The number of thioether (sulfide) groups is 1. The Balaban J connectivity index is 1.77. The first-order valence-corrected chi connectivity index (χ1v) is 11.4. The lowest BCUT2D eigenvalue weighted by Gasteiger charge is -2.24. The van der Waals surface area contributed by atoms with Gasteiger partial charge in [0.15, 0.2) is 0 Å². The van der Waals surface area contributed by atoms with Crippen molar-refractivity contribution >= 4 is 56.0 Å². The number of aromatic amines is 1. The number of hydrogen-bond acceptors (Lipinski definition) is 4. The molecule has 2 heterocycles. The van der Waals surface area contributed by atoms with Crippen molar-refractivity contribution in [2.75, 3.05) is 29.9 Å². The number of amides is 1. The average molecular weight is 491 g/mol. The van der Waals surface area contributed by atoms with E-state index in [1.54, 1.807) is 11.8 Å². The van der Waals surface area contributed by atoms with Crippen molar-refractivity contribution in [3.63, 3.8) is 0 Å². The average Bonchev–Trinajstić information content (AvgIpc) is 3.09. The summed E-state index contributed by atoms with van der Waals surface area (Å²) < 4.78 is 27.8. The number of rotatable bonds is 4. The van der Waals surface area contributed by atoms with Crippen LogP contribution in [0.3, 0.4) is 0 Å². The van der Waals surface area contributed by atoms with E-state index < -0.39 is 10.0 Å². The van der Waals surface area contributed by atoms with Gasteiger partial charge in [-0.3, -0.25) is 4.79 Å². The van der Waals surface area contributed by atoms with E-state index in [0.717, 1.165) is 20.6 Å². The highest BCUT2D eigenvalue weighted by molar-refractivity contribution is 14.1. The van der Waals surface area contributed by atoms with Crippen molar-refractivity contribution in [1.29, 1.82) is 0 Å². The van der Waals surface area contributed by atoms with Gasteiger partial charge < -0.3 is 10.3 Å². The van der Waals surface area contributed by atoms with Gasteiger partial charge in [-0.05, 0) is 59.3 Å². The van der Waals surface area contributed by atoms with E-state index in [9.17, 15) is 13.2 Å². The number of halogens is 1. The standard InChI is InChI=1S/C16H18IN3O3S2/c1-11-8-12(17)2-3-14(11)19-16(21)15-9-13(10-18-15)25(22,23)20-4-6-24-7-5-20/h2-3,8-10,18H,4-7H2,1H3,(H,19,21). The van der Waals surface area contributed by atoms with Crippen LogP contribution in [0.4, 0.5) is 5.69 Å². The maximum absolute atomic E-state index is 12.6. The van der Waals surface area contributed by atoms with Gasteiger partial charge in [-0.15, -0.1) is 0 Å². The zero-order valence-electron chi connectivity index (χ0n) is 13.6. The van der Waals surface area contributed by atoms with Crippen molar-refractivity contribution in [1.82, 2.24) is 9.29 Å². The summed E-state index contributed by atoms with van der Waals surface area (Å²) in [4.78, 5) is 15.3. The van der Waals surface area contributed by atoms with Crippen molar-refractivity contribution in [3.05, 3.63) is 45.3 Å². The number of benzene rings is 1. The van der Waals surface area contributed by atoms with Gasteiger partial charge >= 0.3 is 0 Å². The summed E-state index contributed by atoms with van der Waals surface area (Å²) >= 11 is 3.95. The fraction of sp³-hybridized carbons (Fsp3) is 0.312. The molecule has 0 unspecified atom stereocenters. The quantitative estimate of drug-likeness (QED) is 0.645. The fourth-order valence-corrected chi connectivity index (χ4v) is 5.76. The van der Waals surface area contributed by atoms with Gasteiger partial charge in [-0.2, -0.15) is 16.1 Å². The van der Waals surface area contributed by atoms with E-state index in [1.807, 2.05) is 25.1 Å². The van der Waals surface area contributed by atoms with Crippen LogP contribution in [0.15, 0.2) is 35.4 Å². The number of carbonyl (C=O) groups excluding carboxylic acids is 1. The Morgan fingerprint density at radius 2 is 2.00 bits per heavy atom. The minimum Gasteiger partial charge on any atom is -0.356 e. The SMILES string of the molecule is Cc1cc(I)ccc1NC(=O)c1cc(S(=O)(=O)N2CCSCC2)c[nH]1. The third-order valence-corrected chi connectivity index (χ3v) is 7.44. The third-order valence-electron chi connectivity index (χ3n) is 3.95. The normalized spacial score (nSPS) is 15.9. The molecule has 134 valence electrons. The topological polar surface area (TPSA) is 82.3 Å². The number of hydrogen-bond donors (Lipinski definition) is 2. The van der Waals surface area contributed by atoms with E-state index in [1.165, 1.54) is 16.6 Å². The molecule has 2 aromatic rings. The van der Waals surface area contributed by atoms with Crippen LogP contribution in [0.5, 0.6) is 0 Å². The van der Waals surface area contributed by atoms with Gasteiger partial charge in [0.25, 0.3) is 5.91 Å². The molecule has 1 aromatic heterocycles. The van der Waals surface area contributed by atoms with Crippen LogP contribution in [0, 0.1) is 10.5 Å². The van der Waals surface area contributed by atoms with E-state index in [-0.39, 0.29) is 16.5 Å². The lowest BCUT2D eigenvalue weighted by molar-refractivity contribution is 0.102. The molecule has 1 saturated heterocycles. The molecule has 0 aliphatic carbocycles. The smallest absolute Gasteiger partial charge is 0.272 e. The molecule has 0 spiro atoms. The molecule has 2 N–H and O–H groups in total. The summed E-state index contributed by atoms with van der Waals surface area (Å²) in [7, 11) is -3.55. The summed E-state index contributed by atoms with van der Waals surface area (Å²) in [5, 5.41) is 2.81.